The maximum atomic E-state index is 14.1. The number of aliphatic hydroxyl groups excluding tert-OH is 2. The van der Waals surface area contributed by atoms with E-state index < -0.39 is 164 Å². The average Bonchev–Trinajstić information content (AvgIpc) is 0.949. The predicted octanol–water partition coefficient (Wildman–Crippen LogP) is -8.44. The van der Waals surface area contributed by atoms with Crippen LogP contribution in [0.3, 0.4) is 0 Å². The van der Waals surface area contributed by atoms with Crippen LogP contribution in [0, 0.1) is 0 Å². The molecule has 0 radical (unpaired) electrons. The lowest BCUT2D eigenvalue weighted by atomic mass is 10.0. The van der Waals surface area contributed by atoms with Gasteiger partial charge in [-0.25, -0.2) is 0 Å². The number of carbonyl (C=O) groups is 13. The first-order chi connectivity index (χ1) is 47.0. The Labute approximate surface area is 574 Å². The molecule has 0 bridgehead atoms. The molecule has 0 heterocycles. The van der Waals surface area contributed by atoms with Crippen molar-refractivity contribution in [1.82, 2.24) is 69.1 Å². The van der Waals surface area contributed by atoms with Gasteiger partial charge in [-0.1, -0.05) is 60.7 Å². The minimum Gasteiger partial charge on any atom is -0.394 e. The van der Waals surface area contributed by atoms with Crippen molar-refractivity contribution in [3.05, 3.63) is 71.8 Å². The van der Waals surface area contributed by atoms with Crippen molar-refractivity contribution in [1.29, 1.82) is 0 Å². The molecule has 37 heteroatoms. The second-order valence-corrected chi connectivity index (χ2v) is 23.2. The number of hydrogen-bond acceptors (Lipinski definition) is 20. The van der Waals surface area contributed by atoms with E-state index in [2.05, 4.69) is 79.1 Å². The Morgan fingerprint density at radius 3 is 1.30 bits per heavy atom. The number of aliphatic hydroxyl groups is 2. The lowest BCUT2D eigenvalue weighted by molar-refractivity contribution is -0.136. The predicted molar refractivity (Wildman–Crippen MR) is 364 cm³/mol. The zero-order chi connectivity index (χ0) is 74.0. The van der Waals surface area contributed by atoms with Crippen LogP contribution in [0.1, 0.15) is 109 Å². The summed E-state index contributed by atoms with van der Waals surface area (Å²) in [5.74, 6) is -11.9. The average molecular weight is 1400 g/mol. The molecule has 2 aromatic rings. The van der Waals surface area contributed by atoms with Crippen LogP contribution in [0.15, 0.2) is 70.6 Å². The summed E-state index contributed by atoms with van der Waals surface area (Å²) in [6.45, 7) is 3.09. The maximum Gasteiger partial charge on any atom is 0.245 e. The van der Waals surface area contributed by atoms with Crippen molar-refractivity contribution in [3.63, 3.8) is 0 Å². The zero-order valence-corrected chi connectivity index (χ0v) is 56.4. The van der Waals surface area contributed by atoms with Gasteiger partial charge in [-0.2, -0.15) is 0 Å². The number of guanidine groups is 2. The van der Waals surface area contributed by atoms with Crippen LogP contribution >= 0.6 is 0 Å². The number of nitrogens with two attached hydrogens (primary N) is 7. The number of amides is 13. The number of carbonyl (C=O) groups excluding carboxylic acids is 13. The second-order valence-electron chi connectivity index (χ2n) is 23.2. The molecule has 0 unspecified atom stereocenters. The van der Waals surface area contributed by atoms with Gasteiger partial charge in [0.25, 0.3) is 0 Å². The van der Waals surface area contributed by atoms with Crippen LogP contribution < -0.4 is 109 Å². The fourth-order valence-corrected chi connectivity index (χ4v) is 9.26. The van der Waals surface area contributed by atoms with Gasteiger partial charge in [0.1, 0.15) is 54.4 Å². The summed E-state index contributed by atoms with van der Waals surface area (Å²) in [5.41, 5.74) is 40.2. The van der Waals surface area contributed by atoms with Gasteiger partial charge in [0.15, 0.2) is 11.9 Å². The van der Waals surface area contributed by atoms with Gasteiger partial charge in [0, 0.05) is 25.6 Å². The van der Waals surface area contributed by atoms with Gasteiger partial charge in [0.2, 0.25) is 76.8 Å². The van der Waals surface area contributed by atoms with Crippen LogP contribution in [0.5, 0.6) is 0 Å². The minimum absolute atomic E-state index is 0.0232. The highest BCUT2D eigenvalue weighted by molar-refractivity contribution is 5.99. The maximum absolute atomic E-state index is 14.1. The smallest absolute Gasteiger partial charge is 0.245 e. The van der Waals surface area contributed by atoms with Crippen LogP contribution in [0.25, 0.3) is 0 Å². The van der Waals surface area contributed by atoms with Crippen molar-refractivity contribution in [2.45, 2.75) is 165 Å². The molecule has 37 nitrogen and oxygen atoms in total. The first-order valence-corrected chi connectivity index (χ1v) is 32.4. The van der Waals surface area contributed by atoms with E-state index in [4.69, 9.17) is 40.1 Å². The third kappa shape index (κ3) is 35.1. The molecule has 0 aliphatic heterocycles. The van der Waals surface area contributed by atoms with Crippen molar-refractivity contribution in [2.75, 3.05) is 59.0 Å². The van der Waals surface area contributed by atoms with E-state index in [0.717, 1.165) is 5.56 Å². The molecule has 29 N–H and O–H groups in total. The van der Waals surface area contributed by atoms with Crippen molar-refractivity contribution in [3.8, 4) is 0 Å². The van der Waals surface area contributed by atoms with E-state index in [1.807, 2.05) is 37.3 Å². The fourth-order valence-electron chi connectivity index (χ4n) is 9.26. The van der Waals surface area contributed by atoms with Gasteiger partial charge in [-0.05, 0) is 116 Å². The largest absolute Gasteiger partial charge is 0.394 e. The van der Waals surface area contributed by atoms with E-state index in [0.29, 0.717) is 31.4 Å². The van der Waals surface area contributed by atoms with Gasteiger partial charge < -0.3 is 119 Å². The van der Waals surface area contributed by atoms with Crippen molar-refractivity contribution >= 4 is 88.7 Å². The van der Waals surface area contributed by atoms with Crippen LogP contribution in [0.4, 0.5) is 0 Å². The summed E-state index contributed by atoms with van der Waals surface area (Å²) in [7, 11) is 0. The molecule has 0 aromatic heterocycles. The molecule has 0 saturated heterocycles. The van der Waals surface area contributed by atoms with Gasteiger partial charge in [-0.3, -0.25) is 72.3 Å². The summed E-state index contributed by atoms with van der Waals surface area (Å²) in [6.07, 6.45) is 0.0588. The number of nitrogens with one attached hydrogen (secondary N) is 13. The van der Waals surface area contributed by atoms with E-state index in [1.54, 1.807) is 30.3 Å². The molecule has 0 aliphatic carbocycles. The van der Waals surface area contributed by atoms with E-state index in [-0.39, 0.29) is 95.5 Å². The lowest BCUT2D eigenvalue weighted by Crippen LogP contribution is -2.60. The molecular weight excluding hydrogens is 1290 g/mol. The molecule has 13 amide bonds. The summed E-state index contributed by atoms with van der Waals surface area (Å²) in [4.78, 5) is 181. The van der Waals surface area contributed by atoms with Crippen LogP contribution in [-0.4, -0.2) is 218 Å². The summed E-state index contributed by atoms with van der Waals surface area (Å²) in [5, 5.41) is 53.3. The number of hydrogen-bond donors (Lipinski definition) is 22. The minimum atomic E-state index is -1.73. The number of primary amides is 1. The molecule has 2 aromatic carbocycles. The third-order valence-corrected chi connectivity index (χ3v) is 14.9. The molecule has 0 fully saturated rings. The Kier molecular flexibility index (Phi) is 40.3. The highest BCUT2D eigenvalue weighted by Crippen LogP contribution is 2.12. The number of benzene rings is 2. The fraction of sp³-hybridized carbons (Fsp3) is 0.565. The molecule has 0 saturated carbocycles. The Hall–Kier alpha value is -10.1. The van der Waals surface area contributed by atoms with E-state index in [1.165, 1.54) is 20.8 Å². The number of aliphatic imine (C=N–C) groups is 2. The molecule has 0 aliphatic rings. The van der Waals surface area contributed by atoms with Crippen LogP contribution in [-0.2, 0) is 68.7 Å². The summed E-state index contributed by atoms with van der Waals surface area (Å²) < 4.78 is 0. The summed E-state index contributed by atoms with van der Waals surface area (Å²) in [6, 6.07) is 4.70. The normalized spacial score (nSPS) is 14.2. The second kappa shape index (κ2) is 46.9. The quantitative estimate of drug-likeness (QED) is 0.0166. The van der Waals surface area contributed by atoms with Crippen LogP contribution in [0.2, 0.25) is 0 Å². The number of unbranched alkanes of at least 4 members (excludes halogenated alkanes) is 2. The Morgan fingerprint density at radius 2 is 0.818 bits per heavy atom. The molecule has 550 valence electrons. The van der Waals surface area contributed by atoms with Gasteiger partial charge in [0.05, 0.1) is 38.9 Å². The summed E-state index contributed by atoms with van der Waals surface area (Å²) >= 11 is 0. The first kappa shape index (κ1) is 85.0. The third-order valence-electron chi connectivity index (χ3n) is 14.9. The molecule has 2 rings (SSSR count). The Morgan fingerprint density at radius 1 is 0.414 bits per heavy atom. The zero-order valence-electron chi connectivity index (χ0n) is 56.4. The van der Waals surface area contributed by atoms with Crippen molar-refractivity contribution < 1.29 is 72.5 Å². The SMILES string of the molecule is C[C@H](NC(=O)CNC(=O)[C@H](NC(=O)[C@H](Cc1ccccc1)NC(=O)CNC(=O)CNC(=O)CN[C@H](C)c1ccccc1)[C@@H](C)O)C(=O)N[C@@H](CCCN=C(N)N)C(=O)N[C@@H](CCCCN)C(=O)N[C@@H](CO)C(=O)N[C@@H](C)C(=O)N[C@@H](CCCN=C(N)N)C(=O)N[C@@H](CCCCN)C(N)=O. The lowest BCUT2D eigenvalue weighted by Gasteiger charge is -2.26. The van der Waals surface area contributed by atoms with Crippen molar-refractivity contribution in [2.24, 2.45) is 50.1 Å². The van der Waals surface area contributed by atoms with Gasteiger partial charge >= 0.3 is 0 Å². The number of nitrogens with zero attached hydrogens (tertiary/aromatic N) is 2. The Balaban J connectivity index is 2.16. The first-order valence-electron chi connectivity index (χ1n) is 32.4. The molecule has 99 heavy (non-hydrogen) atoms. The highest BCUT2D eigenvalue weighted by Gasteiger charge is 2.34. The monoisotopic (exact) mass is 1390 g/mol. The molecular formula is C62H102N22O15. The number of rotatable bonds is 48. The Bertz CT molecular complexity index is 3010. The molecule has 0 spiro atoms. The standard InChI is InChI=1S/C62H102N22O15/c1-35(40-19-9-6-10-20-40)72-30-47(87)73-31-48(88)74-32-50(90)78-45(29-39-17-7-5-8-18-39)58(97)84-51(38(4)86)60(99)75-33-49(89)76-36(2)53(92)80-44(24-16-28-71-62(68)69)56(95)82-42(22-12-14-26-64)57(96)83-46(34-85)59(98)77-37(3)54(93)81-43(23-15-27-70-61(66)67)55(94)79-41(52(65)91)21-11-13-25-63/h5-10,17-20,35-38,41-46,51,72,85-86H,11-16,21-34,63-64H2,1-4H3,(H2,65,91)(H,73,87)(H,74,88)(H,75,99)(H,76,89)(H,77,98)(H,78,90)(H,79,94)(H,80,92)(H,81,93)(H,82,95)(H,83,96)(H,84,97)(H4,66,67,70)(H4,68,69,71)/t35-,36+,37+,38-,41+,42+,43+,44+,45+,46+,51-/m1/s1. The highest BCUT2D eigenvalue weighted by atomic mass is 16.3. The topological polar surface area (TPSA) is 626 Å². The van der Waals surface area contributed by atoms with Gasteiger partial charge in [-0.15, -0.1) is 0 Å². The molecule has 11 atom stereocenters. The van der Waals surface area contributed by atoms with E-state index in [9.17, 15) is 72.5 Å². The van der Waals surface area contributed by atoms with E-state index >= 15 is 0 Å².